The Hall–Kier alpha value is -2.56. The molecule has 0 N–H and O–H groups in total. The van der Waals surface area contributed by atoms with Crippen LogP contribution in [0.4, 0.5) is 0 Å². The van der Waals surface area contributed by atoms with E-state index in [0.29, 0.717) is 31.0 Å². The summed E-state index contributed by atoms with van der Waals surface area (Å²) in [7, 11) is 0. The van der Waals surface area contributed by atoms with Crippen LogP contribution in [0.15, 0.2) is 47.1 Å². The van der Waals surface area contributed by atoms with E-state index in [9.17, 15) is 9.59 Å². The molecule has 1 saturated heterocycles. The van der Waals surface area contributed by atoms with E-state index in [1.54, 1.807) is 17.9 Å². The monoisotopic (exact) mass is 383 g/mol. The van der Waals surface area contributed by atoms with Crippen molar-refractivity contribution in [1.82, 2.24) is 4.90 Å². The molecule has 28 heavy (non-hydrogen) atoms. The Labute approximate surface area is 166 Å². The average molecular weight is 383 g/mol. The second-order valence-electron chi connectivity index (χ2n) is 7.56. The standard InChI is InChI=1S/C23H29NO4/c1-3-27-22(26)23(13-7-11-19-9-5-4-6-10-19)14-8-15-24(17-23)21(25)20-12-16-28-18(20)2/h4-6,9-10,12,16H,3,7-8,11,13-15,17H2,1-2H3. The van der Waals surface area contributed by atoms with Crippen LogP contribution in [-0.2, 0) is 16.0 Å². The fraction of sp³-hybridized carbons (Fsp3) is 0.478. The SMILES string of the molecule is CCOC(=O)C1(CCCc2ccccc2)CCCN(C(=O)c2ccoc2C)C1. The van der Waals surface area contributed by atoms with Crippen LogP contribution in [0, 0.1) is 12.3 Å². The summed E-state index contributed by atoms with van der Waals surface area (Å²) in [5.74, 6) is 0.369. The molecule has 1 aliphatic heterocycles. The summed E-state index contributed by atoms with van der Waals surface area (Å²) in [4.78, 5) is 27.7. The maximum atomic E-state index is 13.0. The van der Waals surface area contributed by atoms with Gasteiger partial charge in [0.2, 0.25) is 0 Å². The zero-order chi connectivity index (χ0) is 20.0. The van der Waals surface area contributed by atoms with E-state index < -0.39 is 5.41 Å². The summed E-state index contributed by atoms with van der Waals surface area (Å²) in [5.41, 5.74) is 1.21. The number of amides is 1. The van der Waals surface area contributed by atoms with E-state index in [-0.39, 0.29) is 11.9 Å². The zero-order valence-electron chi connectivity index (χ0n) is 16.8. The minimum absolute atomic E-state index is 0.0670. The molecular formula is C23H29NO4. The van der Waals surface area contributed by atoms with Crippen LogP contribution in [0.2, 0.25) is 0 Å². The Morgan fingerprint density at radius 2 is 2.00 bits per heavy atom. The Balaban J connectivity index is 1.73. The summed E-state index contributed by atoms with van der Waals surface area (Å²) in [5, 5.41) is 0. The zero-order valence-corrected chi connectivity index (χ0v) is 16.8. The van der Waals surface area contributed by atoms with Crippen molar-refractivity contribution < 1.29 is 18.7 Å². The molecule has 0 bridgehead atoms. The summed E-state index contributed by atoms with van der Waals surface area (Å²) >= 11 is 0. The minimum atomic E-state index is -0.629. The number of carbonyl (C=O) groups is 2. The maximum absolute atomic E-state index is 13.0. The molecule has 0 aliphatic carbocycles. The largest absolute Gasteiger partial charge is 0.469 e. The molecular weight excluding hydrogens is 354 g/mol. The van der Waals surface area contributed by atoms with Crippen LogP contribution in [0.5, 0.6) is 0 Å². The first-order valence-electron chi connectivity index (χ1n) is 10.1. The lowest BCUT2D eigenvalue weighted by molar-refractivity contribution is -0.159. The highest BCUT2D eigenvalue weighted by Gasteiger charge is 2.44. The minimum Gasteiger partial charge on any atom is -0.469 e. The van der Waals surface area contributed by atoms with Gasteiger partial charge in [0.25, 0.3) is 5.91 Å². The van der Waals surface area contributed by atoms with Crippen molar-refractivity contribution in [3.05, 3.63) is 59.5 Å². The van der Waals surface area contributed by atoms with Gasteiger partial charge in [0.15, 0.2) is 0 Å². The molecule has 2 aromatic rings. The molecule has 1 aromatic carbocycles. The van der Waals surface area contributed by atoms with E-state index in [4.69, 9.17) is 9.15 Å². The lowest BCUT2D eigenvalue weighted by atomic mass is 9.75. The van der Waals surface area contributed by atoms with Gasteiger partial charge in [-0.05, 0) is 57.6 Å². The van der Waals surface area contributed by atoms with Gasteiger partial charge in [-0.25, -0.2) is 0 Å². The normalized spacial score (nSPS) is 19.4. The number of benzene rings is 1. The van der Waals surface area contributed by atoms with Crippen molar-refractivity contribution in [3.8, 4) is 0 Å². The molecule has 1 fully saturated rings. The van der Waals surface area contributed by atoms with Crippen molar-refractivity contribution in [3.63, 3.8) is 0 Å². The molecule has 1 amide bonds. The van der Waals surface area contributed by atoms with E-state index in [0.717, 1.165) is 32.1 Å². The number of nitrogens with zero attached hydrogens (tertiary/aromatic N) is 1. The number of piperidine rings is 1. The number of esters is 1. The molecule has 1 aromatic heterocycles. The number of hydrogen-bond acceptors (Lipinski definition) is 4. The number of aryl methyl sites for hydroxylation is 2. The van der Waals surface area contributed by atoms with Crippen molar-refractivity contribution in [2.45, 2.75) is 46.0 Å². The van der Waals surface area contributed by atoms with Gasteiger partial charge in [-0.3, -0.25) is 9.59 Å². The molecule has 5 heteroatoms. The fourth-order valence-electron chi connectivity index (χ4n) is 4.11. The van der Waals surface area contributed by atoms with Gasteiger partial charge in [-0.1, -0.05) is 30.3 Å². The Morgan fingerprint density at radius 3 is 2.68 bits per heavy atom. The van der Waals surface area contributed by atoms with Gasteiger partial charge in [0.1, 0.15) is 5.76 Å². The fourth-order valence-corrected chi connectivity index (χ4v) is 4.11. The van der Waals surface area contributed by atoms with Crippen molar-refractivity contribution >= 4 is 11.9 Å². The molecule has 3 rings (SSSR count). The number of furan rings is 1. The predicted molar refractivity (Wildman–Crippen MR) is 107 cm³/mol. The molecule has 150 valence electrons. The average Bonchev–Trinajstić information content (AvgIpc) is 3.14. The van der Waals surface area contributed by atoms with Gasteiger partial charge in [0, 0.05) is 13.1 Å². The van der Waals surface area contributed by atoms with Crippen LogP contribution < -0.4 is 0 Å². The number of hydrogen-bond donors (Lipinski definition) is 0. The number of carbonyl (C=O) groups excluding carboxylic acids is 2. The van der Waals surface area contributed by atoms with Gasteiger partial charge >= 0.3 is 5.97 Å². The van der Waals surface area contributed by atoms with Crippen molar-refractivity contribution in [1.29, 1.82) is 0 Å². The highest BCUT2D eigenvalue weighted by molar-refractivity contribution is 5.95. The Bertz CT molecular complexity index is 798. The third-order valence-electron chi connectivity index (χ3n) is 5.63. The van der Waals surface area contributed by atoms with E-state index >= 15 is 0 Å². The molecule has 1 aliphatic rings. The van der Waals surface area contributed by atoms with Gasteiger partial charge < -0.3 is 14.1 Å². The third kappa shape index (κ3) is 4.46. The third-order valence-corrected chi connectivity index (χ3v) is 5.63. The first-order chi connectivity index (χ1) is 13.6. The van der Waals surface area contributed by atoms with Gasteiger partial charge in [-0.15, -0.1) is 0 Å². The highest BCUT2D eigenvalue weighted by Crippen LogP contribution is 2.37. The number of rotatable bonds is 7. The van der Waals surface area contributed by atoms with E-state index in [1.807, 2.05) is 25.1 Å². The van der Waals surface area contributed by atoms with Crippen molar-refractivity contribution in [2.75, 3.05) is 19.7 Å². The second kappa shape index (κ2) is 9.09. The van der Waals surface area contributed by atoms with Gasteiger partial charge in [-0.2, -0.15) is 0 Å². The molecule has 0 spiro atoms. The summed E-state index contributed by atoms with van der Waals surface area (Å²) in [6.07, 6.45) is 5.60. The number of ether oxygens (including phenoxy) is 1. The van der Waals surface area contributed by atoms with Crippen LogP contribution in [0.1, 0.15) is 54.3 Å². The molecule has 0 radical (unpaired) electrons. The highest BCUT2D eigenvalue weighted by atomic mass is 16.5. The summed E-state index contributed by atoms with van der Waals surface area (Å²) in [6, 6.07) is 12.0. The molecule has 0 saturated carbocycles. The molecule has 1 unspecified atom stereocenters. The lowest BCUT2D eigenvalue weighted by Gasteiger charge is -2.41. The van der Waals surface area contributed by atoms with Crippen LogP contribution >= 0.6 is 0 Å². The first-order valence-corrected chi connectivity index (χ1v) is 10.1. The predicted octanol–water partition coefficient (Wildman–Crippen LogP) is 4.40. The molecule has 1 atom stereocenters. The van der Waals surface area contributed by atoms with E-state index in [2.05, 4.69) is 12.1 Å². The summed E-state index contributed by atoms with van der Waals surface area (Å²) in [6.45, 7) is 5.03. The van der Waals surface area contributed by atoms with Crippen LogP contribution in [0.3, 0.4) is 0 Å². The second-order valence-corrected chi connectivity index (χ2v) is 7.56. The topological polar surface area (TPSA) is 59.8 Å². The first kappa shape index (κ1) is 20.2. The van der Waals surface area contributed by atoms with Crippen molar-refractivity contribution in [2.24, 2.45) is 5.41 Å². The Morgan fingerprint density at radius 1 is 1.21 bits per heavy atom. The molecule has 2 heterocycles. The Kier molecular flexibility index (Phi) is 6.55. The van der Waals surface area contributed by atoms with Crippen LogP contribution in [-0.4, -0.2) is 36.5 Å². The maximum Gasteiger partial charge on any atom is 0.313 e. The number of likely N-dealkylation sites (tertiary alicyclic amines) is 1. The molecule has 5 nitrogen and oxygen atoms in total. The van der Waals surface area contributed by atoms with E-state index in [1.165, 1.54) is 11.8 Å². The van der Waals surface area contributed by atoms with Crippen LogP contribution in [0.25, 0.3) is 0 Å². The smallest absolute Gasteiger partial charge is 0.313 e. The lowest BCUT2D eigenvalue weighted by Crippen LogP contribution is -2.50. The summed E-state index contributed by atoms with van der Waals surface area (Å²) < 4.78 is 10.7. The quantitative estimate of drug-likeness (QED) is 0.665. The van der Waals surface area contributed by atoms with Gasteiger partial charge in [0.05, 0.1) is 23.8 Å².